The Hall–Kier alpha value is -2.10. The molecule has 0 aliphatic carbocycles. The molecule has 0 amide bonds. The molecule has 200 valence electrons. The fraction of sp³-hybridized carbons (Fsp3) is 0.552. The van der Waals surface area contributed by atoms with Crippen molar-refractivity contribution in [3.8, 4) is 17.2 Å². The van der Waals surface area contributed by atoms with Crippen LogP contribution in [-0.2, 0) is 4.12 Å². The molecule has 0 heterocycles. The van der Waals surface area contributed by atoms with Crippen LogP contribution in [0.4, 0.5) is 0 Å². The summed E-state index contributed by atoms with van der Waals surface area (Å²) in [5, 5.41) is 0. The average molecular weight is 531 g/mol. The van der Waals surface area contributed by atoms with Crippen LogP contribution in [0.2, 0.25) is 38.8 Å². The van der Waals surface area contributed by atoms with Crippen molar-refractivity contribution in [3.63, 3.8) is 0 Å². The Morgan fingerprint density at radius 3 is 1.94 bits per heavy atom. The number of hydrogen-bond acceptors (Lipinski definition) is 5. The van der Waals surface area contributed by atoms with Gasteiger partial charge in [-0.05, 0) is 99.6 Å². The van der Waals surface area contributed by atoms with Gasteiger partial charge in [0.1, 0.15) is 17.2 Å². The first-order valence-electron chi connectivity index (χ1n) is 13.4. The fourth-order valence-corrected chi connectivity index (χ4v) is 12.0. The highest BCUT2D eigenvalue weighted by molar-refractivity contribution is 6.84. The Bertz CT molecular complexity index is 905. The molecule has 0 N–H and O–H groups in total. The number of benzene rings is 2. The van der Waals surface area contributed by atoms with Gasteiger partial charge in [0, 0.05) is 0 Å². The van der Waals surface area contributed by atoms with Crippen LogP contribution < -0.4 is 14.2 Å². The van der Waals surface area contributed by atoms with E-state index in [0.29, 0.717) is 30.4 Å². The van der Waals surface area contributed by atoms with E-state index in [4.69, 9.17) is 18.3 Å². The van der Waals surface area contributed by atoms with Gasteiger partial charge in [-0.25, -0.2) is 4.79 Å². The molecule has 0 unspecified atom stereocenters. The third-order valence-electron chi connectivity index (χ3n) is 5.88. The van der Waals surface area contributed by atoms with Crippen LogP contribution in [0.5, 0.6) is 17.2 Å². The van der Waals surface area contributed by atoms with Crippen LogP contribution in [0.25, 0.3) is 0 Å². The van der Waals surface area contributed by atoms with Crippen LogP contribution in [0.3, 0.4) is 0 Å². The van der Waals surface area contributed by atoms with Gasteiger partial charge in [-0.3, -0.25) is 0 Å². The third-order valence-corrected chi connectivity index (χ3v) is 12.1. The highest BCUT2D eigenvalue weighted by Crippen LogP contribution is 2.22. The normalized spacial score (nSPS) is 12.8. The predicted octanol–water partition coefficient (Wildman–Crippen LogP) is 8.33. The van der Waals surface area contributed by atoms with Crippen molar-refractivity contribution in [1.29, 1.82) is 0 Å². The lowest BCUT2D eigenvalue weighted by Gasteiger charge is -2.31. The smallest absolute Gasteiger partial charge is 0.343 e. The summed E-state index contributed by atoms with van der Waals surface area (Å²) in [4.78, 5) is 12.5. The second kappa shape index (κ2) is 14.6. The Labute approximate surface area is 220 Å². The van der Waals surface area contributed by atoms with E-state index in [1.807, 2.05) is 24.3 Å². The van der Waals surface area contributed by atoms with Crippen LogP contribution >= 0.6 is 0 Å². The second-order valence-corrected chi connectivity index (χ2v) is 20.3. The molecule has 0 fully saturated rings. The molecule has 0 aliphatic rings. The molecular formula is C29H46O5Si2. The van der Waals surface area contributed by atoms with Gasteiger partial charge in [-0.1, -0.05) is 39.5 Å². The molecule has 0 aliphatic heterocycles. The number of unbranched alkanes of at least 4 members (excludes halogenated alkanes) is 3. The highest BCUT2D eigenvalue weighted by Gasteiger charge is 2.28. The van der Waals surface area contributed by atoms with E-state index in [1.54, 1.807) is 24.3 Å². The van der Waals surface area contributed by atoms with E-state index < -0.39 is 16.6 Å². The highest BCUT2D eigenvalue weighted by atomic mass is 28.4. The van der Waals surface area contributed by atoms with Gasteiger partial charge in [-0.2, -0.15) is 0 Å². The van der Waals surface area contributed by atoms with E-state index in [2.05, 4.69) is 46.6 Å². The van der Waals surface area contributed by atoms with Crippen molar-refractivity contribution in [2.45, 2.75) is 84.7 Å². The molecule has 36 heavy (non-hydrogen) atoms. The molecule has 7 heteroatoms. The molecule has 0 radical (unpaired) electrons. The standard InChI is InChI=1S/C29H46O5Si2/c1-8-24(2)23-32-27-17-19-28(20-18-27)33-29(30)25-13-15-26(16-14-25)31-21-11-9-10-12-22-36(6,7)34-35(3,4)5/h13-20,24H,8-12,21-23H2,1-7H3/t24-/m0/s1. The maximum Gasteiger partial charge on any atom is 0.343 e. The lowest BCUT2D eigenvalue weighted by molar-refractivity contribution is 0.0734. The molecule has 0 bridgehead atoms. The molecule has 2 rings (SSSR count). The van der Waals surface area contributed by atoms with Crippen molar-refractivity contribution in [2.75, 3.05) is 13.2 Å². The number of carbonyl (C=O) groups is 1. The van der Waals surface area contributed by atoms with Gasteiger partial charge in [0.25, 0.3) is 0 Å². The Morgan fingerprint density at radius 1 is 0.778 bits per heavy atom. The van der Waals surface area contributed by atoms with Crippen molar-refractivity contribution >= 4 is 22.6 Å². The first kappa shape index (κ1) is 30.1. The largest absolute Gasteiger partial charge is 0.494 e. The number of ether oxygens (including phenoxy) is 3. The van der Waals surface area contributed by atoms with Gasteiger partial charge in [-0.15, -0.1) is 0 Å². The van der Waals surface area contributed by atoms with Gasteiger partial charge in [0.2, 0.25) is 0 Å². The van der Waals surface area contributed by atoms with E-state index in [1.165, 1.54) is 18.9 Å². The van der Waals surface area contributed by atoms with Gasteiger partial charge in [0.05, 0.1) is 18.8 Å². The Kier molecular flexibility index (Phi) is 12.2. The summed E-state index contributed by atoms with van der Waals surface area (Å²) < 4.78 is 23.5. The van der Waals surface area contributed by atoms with Crippen LogP contribution in [0.15, 0.2) is 48.5 Å². The SMILES string of the molecule is CC[C@H](C)COc1ccc(OC(=O)c2ccc(OCCCCCC[Si](C)(C)O[Si](C)(C)C)cc2)cc1. The number of esters is 1. The summed E-state index contributed by atoms with van der Waals surface area (Å²) in [6, 6.07) is 15.5. The Morgan fingerprint density at radius 2 is 1.33 bits per heavy atom. The van der Waals surface area contributed by atoms with Gasteiger partial charge < -0.3 is 18.3 Å². The van der Waals surface area contributed by atoms with Crippen molar-refractivity contribution in [3.05, 3.63) is 54.1 Å². The number of rotatable bonds is 16. The molecule has 0 aromatic heterocycles. The fourth-order valence-electron chi connectivity index (χ4n) is 3.89. The number of hydrogen-bond donors (Lipinski definition) is 0. The summed E-state index contributed by atoms with van der Waals surface area (Å²) in [5.74, 6) is 2.16. The molecule has 0 saturated heterocycles. The first-order valence-corrected chi connectivity index (χ1v) is 19.9. The number of carbonyl (C=O) groups excluding carboxylic acids is 1. The minimum Gasteiger partial charge on any atom is -0.494 e. The van der Waals surface area contributed by atoms with Crippen molar-refractivity contribution in [1.82, 2.24) is 0 Å². The zero-order valence-electron chi connectivity index (χ0n) is 23.4. The Balaban J connectivity index is 1.66. The zero-order valence-corrected chi connectivity index (χ0v) is 25.4. The van der Waals surface area contributed by atoms with Gasteiger partial charge >= 0.3 is 5.97 Å². The maximum atomic E-state index is 12.5. The molecular weight excluding hydrogens is 484 g/mol. The minimum atomic E-state index is -1.52. The molecule has 2 aromatic rings. The molecule has 1 atom stereocenters. The topological polar surface area (TPSA) is 54.0 Å². The summed E-state index contributed by atoms with van der Waals surface area (Å²) in [6.07, 6.45) is 5.70. The quantitative estimate of drug-likeness (QED) is 0.0945. The average Bonchev–Trinajstić information content (AvgIpc) is 2.81. The summed E-state index contributed by atoms with van der Waals surface area (Å²) >= 11 is 0. The van der Waals surface area contributed by atoms with Crippen molar-refractivity contribution < 1.29 is 23.1 Å². The molecule has 0 saturated carbocycles. The maximum absolute atomic E-state index is 12.5. The lowest BCUT2D eigenvalue weighted by atomic mass is 10.1. The lowest BCUT2D eigenvalue weighted by Crippen LogP contribution is -2.42. The monoisotopic (exact) mass is 530 g/mol. The summed E-state index contributed by atoms with van der Waals surface area (Å²) in [5.41, 5.74) is 0.492. The third kappa shape index (κ3) is 12.2. The van der Waals surface area contributed by atoms with Crippen LogP contribution in [-0.4, -0.2) is 35.8 Å². The van der Waals surface area contributed by atoms with E-state index >= 15 is 0 Å². The second-order valence-electron chi connectivity index (χ2n) is 11.2. The van der Waals surface area contributed by atoms with E-state index in [9.17, 15) is 4.79 Å². The molecule has 0 spiro atoms. The van der Waals surface area contributed by atoms with Crippen LogP contribution in [0.1, 0.15) is 56.3 Å². The zero-order chi connectivity index (χ0) is 26.6. The van der Waals surface area contributed by atoms with Gasteiger partial charge in [0.15, 0.2) is 16.6 Å². The predicted molar refractivity (Wildman–Crippen MR) is 153 cm³/mol. The molecule has 2 aromatic carbocycles. The van der Waals surface area contributed by atoms with E-state index in [0.717, 1.165) is 30.8 Å². The summed E-state index contributed by atoms with van der Waals surface area (Å²) in [7, 11) is -2.97. The van der Waals surface area contributed by atoms with Crippen molar-refractivity contribution in [2.24, 2.45) is 5.92 Å². The van der Waals surface area contributed by atoms with Crippen LogP contribution in [0, 0.1) is 5.92 Å². The summed E-state index contributed by atoms with van der Waals surface area (Å²) in [6.45, 7) is 17.2. The van der Waals surface area contributed by atoms with E-state index in [-0.39, 0.29) is 5.97 Å². The molecule has 5 nitrogen and oxygen atoms in total. The minimum absolute atomic E-state index is 0.389. The first-order chi connectivity index (χ1) is 17.0.